The third-order valence-electron chi connectivity index (χ3n) is 4.51. The highest BCUT2D eigenvalue weighted by Crippen LogP contribution is 2.37. The summed E-state index contributed by atoms with van der Waals surface area (Å²) in [5.74, 6) is 1.18. The van der Waals surface area contributed by atoms with Gasteiger partial charge in [-0.2, -0.15) is 0 Å². The van der Waals surface area contributed by atoms with E-state index in [-0.39, 0.29) is 11.3 Å². The Hall–Kier alpha value is -1.07. The molecular weight excluding hydrogens is 286 g/mol. The van der Waals surface area contributed by atoms with E-state index < -0.39 is 9.84 Å². The first-order valence-corrected chi connectivity index (χ1v) is 9.41. The first-order chi connectivity index (χ1) is 9.95. The molecule has 21 heavy (non-hydrogen) atoms. The number of hydrogen-bond donors (Lipinski definition) is 1. The van der Waals surface area contributed by atoms with Crippen molar-refractivity contribution in [2.24, 2.45) is 5.92 Å². The lowest BCUT2D eigenvalue weighted by Gasteiger charge is -2.34. The van der Waals surface area contributed by atoms with Gasteiger partial charge >= 0.3 is 0 Å². The summed E-state index contributed by atoms with van der Waals surface area (Å²) in [6.45, 7) is 0. The highest BCUT2D eigenvalue weighted by molar-refractivity contribution is 7.91. The Bertz CT molecular complexity index is 571. The molecule has 1 aromatic carbocycles. The molecule has 1 aliphatic rings. The molecule has 0 heterocycles. The zero-order chi connectivity index (χ0) is 15.5. The van der Waals surface area contributed by atoms with E-state index in [0.29, 0.717) is 5.92 Å². The van der Waals surface area contributed by atoms with Gasteiger partial charge in [-0.3, -0.25) is 0 Å². The van der Waals surface area contributed by atoms with E-state index in [0.717, 1.165) is 37.0 Å². The number of ether oxygens (including phenoxy) is 1. The first-order valence-electron chi connectivity index (χ1n) is 7.45. The Morgan fingerprint density at radius 2 is 2.10 bits per heavy atom. The van der Waals surface area contributed by atoms with Crippen LogP contribution >= 0.6 is 0 Å². The van der Waals surface area contributed by atoms with Crippen molar-refractivity contribution in [1.29, 1.82) is 0 Å². The van der Waals surface area contributed by atoms with Gasteiger partial charge in [0.2, 0.25) is 0 Å². The van der Waals surface area contributed by atoms with Crippen molar-refractivity contribution in [3.05, 3.63) is 29.8 Å². The Morgan fingerprint density at radius 3 is 2.71 bits per heavy atom. The summed E-state index contributed by atoms with van der Waals surface area (Å²) in [4.78, 5) is 0. The van der Waals surface area contributed by atoms with Crippen molar-refractivity contribution >= 4 is 9.84 Å². The van der Waals surface area contributed by atoms with Crippen molar-refractivity contribution in [2.45, 2.75) is 37.0 Å². The maximum absolute atomic E-state index is 11.8. The smallest absolute Gasteiger partial charge is 0.150 e. The predicted octanol–water partition coefficient (Wildman–Crippen LogP) is 2.56. The Balaban J connectivity index is 2.20. The van der Waals surface area contributed by atoms with Gasteiger partial charge < -0.3 is 10.1 Å². The average molecular weight is 311 g/mol. The van der Waals surface area contributed by atoms with Gasteiger partial charge in [0.05, 0.1) is 12.4 Å². The molecule has 3 atom stereocenters. The standard InChI is InChI=1S/C16H25NO3S/c1-17-16(12-6-4-8-14(10-12)20-2)13-7-5-9-15(11-13)21(3,18)19/h4,6,8,10,13,15-17H,5,7,9,11H2,1-3H3. The van der Waals surface area contributed by atoms with E-state index >= 15 is 0 Å². The van der Waals surface area contributed by atoms with E-state index in [4.69, 9.17) is 4.74 Å². The molecule has 5 heteroatoms. The van der Waals surface area contributed by atoms with Gasteiger partial charge in [-0.1, -0.05) is 18.6 Å². The van der Waals surface area contributed by atoms with Crippen LogP contribution in [0.15, 0.2) is 24.3 Å². The maximum Gasteiger partial charge on any atom is 0.150 e. The third kappa shape index (κ3) is 3.98. The van der Waals surface area contributed by atoms with Gasteiger partial charge in [-0.15, -0.1) is 0 Å². The van der Waals surface area contributed by atoms with Crippen LogP contribution in [0.5, 0.6) is 5.75 Å². The molecule has 118 valence electrons. The van der Waals surface area contributed by atoms with Crippen LogP contribution in [0, 0.1) is 5.92 Å². The quantitative estimate of drug-likeness (QED) is 0.908. The average Bonchev–Trinajstić information content (AvgIpc) is 2.48. The number of methoxy groups -OCH3 is 1. The minimum atomic E-state index is -2.95. The molecule has 4 nitrogen and oxygen atoms in total. The second-order valence-corrected chi connectivity index (χ2v) is 8.25. The molecular formula is C16H25NO3S. The molecule has 0 amide bonds. The minimum absolute atomic E-state index is 0.171. The summed E-state index contributed by atoms with van der Waals surface area (Å²) in [5.41, 5.74) is 1.16. The molecule has 1 aromatic rings. The van der Waals surface area contributed by atoms with Crippen LogP contribution in [0.2, 0.25) is 0 Å². The zero-order valence-electron chi connectivity index (χ0n) is 13.0. The van der Waals surface area contributed by atoms with Crippen LogP contribution in [0.3, 0.4) is 0 Å². The molecule has 0 spiro atoms. The van der Waals surface area contributed by atoms with Crippen LogP contribution in [0.1, 0.15) is 37.3 Å². The number of hydrogen-bond acceptors (Lipinski definition) is 4. The van der Waals surface area contributed by atoms with Crippen molar-refractivity contribution in [2.75, 3.05) is 20.4 Å². The fraction of sp³-hybridized carbons (Fsp3) is 0.625. The predicted molar refractivity (Wildman–Crippen MR) is 85.4 cm³/mol. The van der Waals surface area contributed by atoms with Crippen LogP contribution in [0.4, 0.5) is 0 Å². The zero-order valence-corrected chi connectivity index (χ0v) is 13.8. The van der Waals surface area contributed by atoms with E-state index in [2.05, 4.69) is 11.4 Å². The van der Waals surface area contributed by atoms with Gasteiger partial charge in [0.25, 0.3) is 0 Å². The molecule has 1 aliphatic carbocycles. The Morgan fingerprint density at radius 1 is 1.33 bits per heavy atom. The Kier molecular flexibility index (Phi) is 5.27. The highest BCUT2D eigenvalue weighted by Gasteiger charge is 2.33. The SMILES string of the molecule is CNC(c1cccc(OC)c1)C1CCCC(S(C)(=O)=O)C1. The molecule has 0 aromatic heterocycles. The van der Waals surface area contributed by atoms with Crippen molar-refractivity contribution < 1.29 is 13.2 Å². The molecule has 3 unspecified atom stereocenters. The normalized spacial score (nSPS) is 24.5. The monoisotopic (exact) mass is 311 g/mol. The maximum atomic E-state index is 11.8. The summed E-state index contributed by atoms with van der Waals surface area (Å²) in [6.07, 6.45) is 4.94. The fourth-order valence-corrected chi connectivity index (χ4v) is 4.57. The van der Waals surface area contributed by atoms with Gasteiger partial charge in [0.15, 0.2) is 0 Å². The fourth-order valence-electron chi connectivity index (χ4n) is 3.38. The van der Waals surface area contributed by atoms with E-state index in [1.807, 2.05) is 25.2 Å². The van der Waals surface area contributed by atoms with Crippen LogP contribution in [-0.2, 0) is 9.84 Å². The summed E-state index contributed by atoms with van der Waals surface area (Å²) in [5, 5.41) is 3.16. The largest absolute Gasteiger partial charge is 0.497 e. The molecule has 0 aliphatic heterocycles. The molecule has 0 bridgehead atoms. The van der Waals surface area contributed by atoms with Gasteiger partial charge in [-0.05, 0) is 49.9 Å². The molecule has 2 rings (SSSR count). The van der Waals surface area contributed by atoms with Gasteiger partial charge in [0, 0.05) is 12.3 Å². The van der Waals surface area contributed by atoms with E-state index in [1.54, 1.807) is 7.11 Å². The highest BCUT2D eigenvalue weighted by atomic mass is 32.2. The van der Waals surface area contributed by atoms with Crippen molar-refractivity contribution in [3.8, 4) is 5.75 Å². The van der Waals surface area contributed by atoms with E-state index in [9.17, 15) is 8.42 Å². The third-order valence-corrected chi connectivity index (χ3v) is 6.15. The van der Waals surface area contributed by atoms with Gasteiger partial charge in [0.1, 0.15) is 15.6 Å². The number of rotatable bonds is 5. The number of benzene rings is 1. The second-order valence-electron chi connectivity index (χ2n) is 5.92. The van der Waals surface area contributed by atoms with E-state index in [1.165, 1.54) is 6.26 Å². The Labute approximate surface area is 127 Å². The summed E-state index contributed by atoms with van der Waals surface area (Å²) in [7, 11) is 0.651. The lowest BCUT2D eigenvalue weighted by Crippen LogP contribution is -2.34. The lowest BCUT2D eigenvalue weighted by molar-refractivity contribution is 0.282. The lowest BCUT2D eigenvalue weighted by atomic mass is 9.81. The molecule has 1 saturated carbocycles. The number of sulfone groups is 1. The summed E-state index contributed by atoms with van der Waals surface area (Å²) < 4.78 is 29.0. The molecule has 1 fully saturated rings. The van der Waals surface area contributed by atoms with Crippen LogP contribution in [0.25, 0.3) is 0 Å². The number of nitrogens with one attached hydrogen (secondary N) is 1. The second kappa shape index (κ2) is 6.79. The first kappa shape index (κ1) is 16.3. The van der Waals surface area contributed by atoms with Crippen molar-refractivity contribution in [3.63, 3.8) is 0 Å². The summed E-state index contributed by atoms with van der Waals surface area (Å²) >= 11 is 0. The van der Waals surface area contributed by atoms with Crippen LogP contribution in [-0.4, -0.2) is 34.1 Å². The van der Waals surface area contributed by atoms with Gasteiger partial charge in [-0.25, -0.2) is 8.42 Å². The molecule has 0 radical (unpaired) electrons. The molecule has 0 saturated heterocycles. The van der Waals surface area contributed by atoms with Crippen LogP contribution < -0.4 is 10.1 Å². The topological polar surface area (TPSA) is 55.4 Å². The summed E-state index contributed by atoms with van der Waals surface area (Å²) in [6, 6.07) is 8.19. The minimum Gasteiger partial charge on any atom is -0.497 e. The molecule has 1 N–H and O–H groups in total. The van der Waals surface area contributed by atoms with Crippen molar-refractivity contribution in [1.82, 2.24) is 5.32 Å².